The van der Waals surface area contributed by atoms with Crippen molar-refractivity contribution in [2.24, 2.45) is 0 Å². The smallest absolute Gasteiger partial charge is 0.234 e. The van der Waals surface area contributed by atoms with E-state index < -0.39 is 0 Å². The normalized spacial score (nSPS) is 10.4. The summed E-state index contributed by atoms with van der Waals surface area (Å²) in [5.41, 5.74) is 8.64. The molecule has 0 fully saturated rings. The number of hydrogen-bond donors (Lipinski definition) is 2. The molecule has 3 N–H and O–H groups in total. The molecule has 0 unspecified atom stereocenters. The van der Waals surface area contributed by atoms with Crippen LogP contribution < -0.4 is 11.1 Å². The van der Waals surface area contributed by atoms with Crippen molar-refractivity contribution in [2.45, 2.75) is 18.7 Å². The first-order valence-corrected chi connectivity index (χ1v) is 7.50. The summed E-state index contributed by atoms with van der Waals surface area (Å²) in [7, 11) is 0. The highest BCUT2D eigenvalue weighted by atomic mass is 32.2. The molecule has 0 atom stereocenters. The van der Waals surface area contributed by atoms with E-state index in [0.717, 1.165) is 10.5 Å². The van der Waals surface area contributed by atoms with Gasteiger partial charge in [-0.05, 0) is 43.2 Å². The van der Waals surface area contributed by atoms with Crippen molar-refractivity contribution in [3.8, 4) is 0 Å². The van der Waals surface area contributed by atoms with Crippen molar-refractivity contribution in [1.29, 1.82) is 0 Å². The monoisotopic (exact) mass is 304 g/mol. The third-order valence-corrected chi connectivity index (χ3v) is 4.17. The molecule has 0 aliphatic heterocycles. The number of anilines is 2. The number of nitrogen functional groups attached to an aromatic ring is 1. The molecule has 0 spiro atoms. The van der Waals surface area contributed by atoms with Crippen molar-refractivity contribution in [2.75, 3.05) is 16.8 Å². The molecule has 0 heterocycles. The number of nitrogens with two attached hydrogens (primary N) is 1. The SMILES string of the molecule is Cc1ccc(NC(=O)CSc2cccc(C)c2N)cc1F. The zero-order chi connectivity index (χ0) is 15.4. The molecule has 0 aromatic heterocycles. The number of halogens is 1. The Labute approximate surface area is 127 Å². The molecular weight excluding hydrogens is 287 g/mol. The minimum Gasteiger partial charge on any atom is -0.398 e. The molecule has 2 aromatic rings. The fourth-order valence-corrected chi connectivity index (χ4v) is 2.64. The van der Waals surface area contributed by atoms with Gasteiger partial charge in [0.15, 0.2) is 0 Å². The van der Waals surface area contributed by atoms with Crippen LogP contribution in [0.1, 0.15) is 11.1 Å². The Kier molecular flexibility index (Phi) is 4.85. The second kappa shape index (κ2) is 6.63. The van der Waals surface area contributed by atoms with Gasteiger partial charge in [0.1, 0.15) is 5.82 Å². The molecule has 3 nitrogen and oxygen atoms in total. The lowest BCUT2D eigenvalue weighted by Gasteiger charge is -2.09. The lowest BCUT2D eigenvalue weighted by atomic mass is 10.2. The van der Waals surface area contributed by atoms with E-state index >= 15 is 0 Å². The van der Waals surface area contributed by atoms with Crippen molar-refractivity contribution in [1.82, 2.24) is 0 Å². The Hall–Kier alpha value is -2.01. The summed E-state index contributed by atoms with van der Waals surface area (Å²) in [6, 6.07) is 10.3. The minimum absolute atomic E-state index is 0.191. The number of benzene rings is 2. The average Bonchev–Trinajstić information content (AvgIpc) is 2.44. The van der Waals surface area contributed by atoms with Gasteiger partial charge in [-0.2, -0.15) is 0 Å². The number of amides is 1. The van der Waals surface area contributed by atoms with Crippen LogP contribution in [-0.2, 0) is 4.79 Å². The molecule has 2 rings (SSSR count). The van der Waals surface area contributed by atoms with Crippen LogP contribution in [-0.4, -0.2) is 11.7 Å². The highest BCUT2D eigenvalue weighted by Gasteiger charge is 2.08. The van der Waals surface area contributed by atoms with Crippen LogP contribution in [0.4, 0.5) is 15.8 Å². The first-order chi connectivity index (χ1) is 9.97. The summed E-state index contributed by atoms with van der Waals surface area (Å²) >= 11 is 1.37. The first kappa shape index (κ1) is 15.4. The predicted octanol–water partition coefficient (Wildman–Crippen LogP) is 3.76. The molecule has 0 bridgehead atoms. The van der Waals surface area contributed by atoms with Gasteiger partial charge < -0.3 is 11.1 Å². The van der Waals surface area contributed by atoms with Crippen LogP contribution in [0.25, 0.3) is 0 Å². The van der Waals surface area contributed by atoms with Crippen LogP contribution in [0.2, 0.25) is 0 Å². The van der Waals surface area contributed by atoms with Gasteiger partial charge in [0.25, 0.3) is 0 Å². The number of carbonyl (C=O) groups excluding carboxylic acids is 1. The number of rotatable bonds is 4. The van der Waals surface area contributed by atoms with Crippen LogP contribution in [0.15, 0.2) is 41.3 Å². The third-order valence-electron chi connectivity index (χ3n) is 3.10. The maximum absolute atomic E-state index is 13.4. The predicted molar refractivity (Wildman–Crippen MR) is 86.1 cm³/mol. The Bertz CT molecular complexity index is 673. The quantitative estimate of drug-likeness (QED) is 0.668. The summed E-state index contributed by atoms with van der Waals surface area (Å²) in [6.45, 7) is 3.60. The van der Waals surface area contributed by atoms with Crippen molar-refractivity contribution in [3.63, 3.8) is 0 Å². The number of carbonyl (C=O) groups is 1. The van der Waals surface area contributed by atoms with E-state index in [9.17, 15) is 9.18 Å². The molecular formula is C16H17FN2OS. The number of hydrogen-bond acceptors (Lipinski definition) is 3. The molecule has 1 amide bonds. The highest BCUT2D eigenvalue weighted by Crippen LogP contribution is 2.27. The third kappa shape index (κ3) is 3.98. The van der Waals surface area contributed by atoms with E-state index in [4.69, 9.17) is 5.73 Å². The highest BCUT2D eigenvalue weighted by molar-refractivity contribution is 8.00. The molecule has 21 heavy (non-hydrogen) atoms. The first-order valence-electron chi connectivity index (χ1n) is 6.51. The molecule has 0 saturated carbocycles. The zero-order valence-electron chi connectivity index (χ0n) is 11.9. The summed E-state index contributed by atoms with van der Waals surface area (Å²) in [5.74, 6) is -0.295. The van der Waals surface area contributed by atoms with Gasteiger partial charge in [-0.3, -0.25) is 4.79 Å². The number of aryl methyl sites for hydroxylation is 2. The standard InChI is InChI=1S/C16H17FN2OS/c1-10-6-7-12(8-13(10)17)19-15(20)9-21-14-5-3-4-11(2)16(14)18/h3-8H,9,18H2,1-2H3,(H,19,20). The van der Waals surface area contributed by atoms with Crippen LogP contribution in [0.5, 0.6) is 0 Å². The second-order valence-electron chi connectivity index (χ2n) is 4.79. The van der Waals surface area contributed by atoms with E-state index in [2.05, 4.69) is 5.32 Å². The van der Waals surface area contributed by atoms with Crippen molar-refractivity contribution < 1.29 is 9.18 Å². The number of para-hydroxylation sites is 1. The summed E-state index contributed by atoms with van der Waals surface area (Å²) in [6.07, 6.45) is 0. The topological polar surface area (TPSA) is 55.1 Å². The van der Waals surface area contributed by atoms with Gasteiger partial charge in [-0.25, -0.2) is 4.39 Å². The Balaban J connectivity index is 1.96. The molecule has 0 radical (unpaired) electrons. The van der Waals surface area contributed by atoms with Gasteiger partial charge in [0.05, 0.1) is 5.75 Å². The number of nitrogens with one attached hydrogen (secondary N) is 1. The molecule has 2 aromatic carbocycles. The van der Waals surface area contributed by atoms with Gasteiger partial charge in [-0.15, -0.1) is 11.8 Å². The fourth-order valence-electron chi connectivity index (χ4n) is 1.79. The maximum atomic E-state index is 13.4. The van der Waals surface area contributed by atoms with Gasteiger partial charge in [0, 0.05) is 16.3 Å². The number of thioether (sulfide) groups is 1. The molecule has 0 saturated heterocycles. The Morgan fingerprint density at radius 2 is 2.00 bits per heavy atom. The lowest BCUT2D eigenvalue weighted by molar-refractivity contribution is -0.113. The summed E-state index contributed by atoms with van der Waals surface area (Å²) in [4.78, 5) is 12.8. The maximum Gasteiger partial charge on any atom is 0.234 e. The van der Waals surface area contributed by atoms with Crippen molar-refractivity contribution >= 4 is 29.0 Å². The van der Waals surface area contributed by atoms with E-state index in [1.807, 2.05) is 25.1 Å². The Morgan fingerprint density at radius 3 is 2.71 bits per heavy atom. The van der Waals surface area contributed by atoms with Gasteiger partial charge in [0.2, 0.25) is 5.91 Å². The second-order valence-corrected chi connectivity index (χ2v) is 5.80. The fraction of sp³-hybridized carbons (Fsp3) is 0.188. The van der Waals surface area contributed by atoms with Crippen LogP contribution in [0.3, 0.4) is 0 Å². The minimum atomic E-state index is -0.330. The van der Waals surface area contributed by atoms with E-state index in [1.165, 1.54) is 17.8 Å². The molecule has 110 valence electrons. The lowest BCUT2D eigenvalue weighted by Crippen LogP contribution is -2.14. The van der Waals surface area contributed by atoms with E-state index in [0.29, 0.717) is 16.9 Å². The van der Waals surface area contributed by atoms with Crippen molar-refractivity contribution in [3.05, 3.63) is 53.3 Å². The molecule has 0 aliphatic rings. The average molecular weight is 304 g/mol. The van der Waals surface area contributed by atoms with Crippen LogP contribution in [0, 0.1) is 19.7 Å². The largest absolute Gasteiger partial charge is 0.398 e. The zero-order valence-corrected chi connectivity index (χ0v) is 12.8. The van der Waals surface area contributed by atoms with Gasteiger partial charge in [-0.1, -0.05) is 18.2 Å². The Morgan fingerprint density at radius 1 is 1.24 bits per heavy atom. The summed E-state index contributed by atoms with van der Waals surface area (Å²) < 4.78 is 13.4. The molecule has 5 heteroatoms. The van der Waals surface area contributed by atoms with E-state index in [1.54, 1.807) is 19.1 Å². The summed E-state index contributed by atoms with van der Waals surface area (Å²) in [5, 5.41) is 2.67. The molecule has 0 aliphatic carbocycles. The van der Waals surface area contributed by atoms with E-state index in [-0.39, 0.29) is 17.5 Å². The van der Waals surface area contributed by atoms with Gasteiger partial charge >= 0.3 is 0 Å². The van der Waals surface area contributed by atoms with Crippen LogP contribution >= 0.6 is 11.8 Å².